The van der Waals surface area contributed by atoms with Gasteiger partial charge in [-0.2, -0.15) is 13.2 Å². The van der Waals surface area contributed by atoms with Crippen molar-refractivity contribution in [3.8, 4) is 10.4 Å². The fourth-order valence-corrected chi connectivity index (χ4v) is 5.45. The molecule has 5 rings (SSSR count). The summed E-state index contributed by atoms with van der Waals surface area (Å²) in [5.41, 5.74) is 1.50. The number of carbonyl (C=O) groups is 1. The van der Waals surface area contributed by atoms with Gasteiger partial charge in [-0.05, 0) is 44.2 Å². The smallest absolute Gasteiger partial charge is 0.352 e. The lowest BCUT2D eigenvalue weighted by molar-refractivity contribution is -0.141. The van der Waals surface area contributed by atoms with E-state index in [0.29, 0.717) is 11.6 Å². The maximum atomic E-state index is 13.6. The first-order valence-corrected chi connectivity index (χ1v) is 11.5. The number of hydrogen-bond donors (Lipinski definition) is 1. The number of benzene rings is 1. The van der Waals surface area contributed by atoms with Crippen molar-refractivity contribution >= 4 is 23.2 Å². The highest BCUT2D eigenvalue weighted by molar-refractivity contribution is 7.15. The maximum Gasteiger partial charge on any atom is 0.433 e. The zero-order valence-corrected chi connectivity index (χ0v) is 18.9. The molecule has 3 heterocycles. The van der Waals surface area contributed by atoms with Crippen molar-refractivity contribution in [3.63, 3.8) is 0 Å². The van der Waals surface area contributed by atoms with Crippen molar-refractivity contribution in [2.24, 2.45) is 5.92 Å². The molecular formula is C23H22F3N5OS. The highest BCUT2D eigenvalue weighted by Gasteiger charge is 2.54. The molecule has 172 valence electrons. The van der Waals surface area contributed by atoms with Crippen LogP contribution in [0.5, 0.6) is 0 Å². The topological polar surface area (TPSA) is 71.0 Å². The number of likely N-dealkylation sites (tertiary alicyclic amines) is 1. The Morgan fingerprint density at radius 1 is 1.21 bits per heavy atom. The molecule has 2 fully saturated rings. The quantitative estimate of drug-likeness (QED) is 0.568. The first kappa shape index (κ1) is 21.8. The number of rotatable bonds is 5. The first-order chi connectivity index (χ1) is 15.7. The molecule has 10 heteroatoms. The number of amides is 1. The minimum absolute atomic E-state index is 0.0947. The van der Waals surface area contributed by atoms with Crippen LogP contribution in [0.2, 0.25) is 0 Å². The second-order valence-corrected chi connectivity index (χ2v) is 9.79. The van der Waals surface area contributed by atoms with Crippen molar-refractivity contribution in [3.05, 3.63) is 58.5 Å². The number of nitrogens with zero attached hydrogens (tertiary/aromatic N) is 4. The Balaban J connectivity index is 1.37. The Hall–Kier alpha value is -3.01. The number of halogens is 3. The molecule has 33 heavy (non-hydrogen) atoms. The SMILES string of the molecule is Cc1cccc(-c2sc(C)nc2C(=O)N2[C@H](CNc3nccc(C(F)(F)F)n3)C[C@@H]3C[C@@H]32)c1. The van der Waals surface area contributed by atoms with E-state index in [9.17, 15) is 18.0 Å². The molecule has 0 bridgehead atoms. The normalized spacial score (nSPS) is 21.7. The van der Waals surface area contributed by atoms with Gasteiger partial charge in [-0.3, -0.25) is 4.79 Å². The minimum Gasteiger partial charge on any atom is -0.352 e. The molecule has 1 N–H and O–H groups in total. The Bertz CT molecular complexity index is 1210. The van der Waals surface area contributed by atoms with Crippen molar-refractivity contribution in [2.75, 3.05) is 11.9 Å². The van der Waals surface area contributed by atoms with Crippen LogP contribution in [0.15, 0.2) is 36.5 Å². The van der Waals surface area contributed by atoms with Gasteiger partial charge in [0.2, 0.25) is 5.95 Å². The predicted molar refractivity (Wildman–Crippen MR) is 119 cm³/mol. The van der Waals surface area contributed by atoms with E-state index in [1.54, 1.807) is 0 Å². The second-order valence-electron chi connectivity index (χ2n) is 8.59. The summed E-state index contributed by atoms with van der Waals surface area (Å²) in [7, 11) is 0. The second kappa shape index (κ2) is 8.09. The molecule has 1 aromatic carbocycles. The van der Waals surface area contributed by atoms with Gasteiger partial charge in [0.25, 0.3) is 5.91 Å². The molecule has 0 spiro atoms. The van der Waals surface area contributed by atoms with E-state index in [2.05, 4.69) is 20.3 Å². The number of piperidine rings is 1. The number of hydrogen-bond acceptors (Lipinski definition) is 6. The van der Waals surface area contributed by atoms with E-state index in [1.165, 1.54) is 11.3 Å². The summed E-state index contributed by atoms with van der Waals surface area (Å²) in [4.78, 5) is 28.4. The number of aryl methyl sites for hydroxylation is 2. The standard InChI is InChI=1S/C23H22F3N5OS/c1-12-4-3-5-14(8-12)20-19(29-13(2)33-20)21(32)31-16(9-15-10-17(15)31)11-28-22-27-7-6-18(30-22)23(24,25)26/h3-8,15-17H,9-11H2,1-2H3,(H,27,28,30)/t15-,16+,17+/m1/s1. The van der Waals surface area contributed by atoms with Crippen LogP contribution >= 0.6 is 11.3 Å². The van der Waals surface area contributed by atoms with Gasteiger partial charge < -0.3 is 10.2 Å². The van der Waals surface area contributed by atoms with E-state index in [-0.39, 0.29) is 30.5 Å². The monoisotopic (exact) mass is 473 g/mol. The van der Waals surface area contributed by atoms with Crippen molar-refractivity contribution in [1.29, 1.82) is 0 Å². The average molecular weight is 474 g/mol. The number of nitrogens with one attached hydrogen (secondary N) is 1. The van der Waals surface area contributed by atoms with Gasteiger partial charge in [0.05, 0.1) is 15.9 Å². The molecule has 1 aliphatic heterocycles. The Kier molecular flexibility index (Phi) is 5.35. The molecule has 3 atom stereocenters. The molecule has 2 aromatic heterocycles. The molecule has 1 aliphatic carbocycles. The molecule has 1 saturated heterocycles. The van der Waals surface area contributed by atoms with E-state index in [1.807, 2.05) is 43.0 Å². The molecule has 3 aromatic rings. The van der Waals surface area contributed by atoms with E-state index < -0.39 is 11.9 Å². The molecule has 1 saturated carbocycles. The predicted octanol–water partition coefficient (Wildman–Crippen LogP) is 4.95. The van der Waals surface area contributed by atoms with Crippen molar-refractivity contribution in [1.82, 2.24) is 19.9 Å². The maximum absolute atomic E-state index is 13.6. The van der Waals surface area contributed by atoms with Crippen LogP contribution in [0.1, 0.15) is 39.6 Å². The fraction of sp³-hybridized carbons (Fsp3) is 0.391. The number of alkyl halides is 3. The summed E-state index contributed by atoms with van der Waals surface area (Å²) in [5, 5.41) is 3.71. The van der Waals surface area contributed by atoms with Crippen LogP contribution in [-0.2, 0) is 6.18 Å². The van der Waals surface area contributed by atoms with Gasteiger partial charge in [0, 0.05) is 18.8 Å². The summed E-state index contributed by atoms with van der Waals surface area (Å²) < 4.78 is 38.8. The van der Waals surface area contributed by atoms with Gasteiger partial charge in [-0.25, -0.2) is 15.0 Å². The summed E-state index contributed by atoms with van der Waals surface area (Å²) in [6.45, 7) is 4.17. The van der Waals surface area contributed by atoms with Gasteiger partial charge in [0.1, 0.15) is 11.4 Å². The van der Waals surface area contributed by atoms with Crippen LogP contribution < -0.4 is 5.32 Å². The van der Waals surface area contributed by atoms with Gasteiger partial charge >= 0.3 is 6.18 Å². The van der Waals surface area contributed by atoms with E-state index >= 15 is 0 Å². The lowest BCUT2D eigenvalue weighted by Gasteiger charge is -2.27. The fourth-order valence-electron chi connectivity index (χ4n) is 4.54. The Morgan fingerprint density at radius 3 is 2.79 bits per heavy atom. The van der Waals surface area contributed by atoms with Gasteiger partial charge in [-0.15, -0.1) is 11.3 Å². The summed E-state index contributed by atoms with van der Waals surface area (Å²) >= 11 is 1.49. The third kappa shape index (κ3) is 4.31. The van der Waals surface area contributed by atoms with Crippen LogP contribution in [0.4, 0.5) is 19.1 Å². The highest BCUT2D eigenvalue weighted by Crippen LogP contribution is 2.49. The molecule has 6 nitrogen and oxygen atoms in total. The van der Waals surface area contributed by atoms with E-state index in [4.69, 9.17) is 0 Å². The lowest BCUT2D eigenvalue weighted by atomic mass is 10.1. The van der Waals surface area contributed by atoms with Crippen LogP contribution in [-0.4, -0.2) is 44.4 Å². The summed E-state index contributed by atoms with van der Waals surface area (Å²) in [6.07, 6.45) is -1.71. The largest absolute Gasteiger partial charge is 0.433 e. The number of thiazole rings is 1. The van der Waals surface area contributed by atoms with Crippen LogP contribution in [0.3, 0.4) is 0 Å². The molecule has 0 radical (unpaired) electrons. The van der Waals surface area contributed by atoms with Gasteiger partial charge in [-0.1, -0.05) is 29.8 Å². The number of aromatic nitrogens is 3. The van der Waals surface area contributed by atoms with Crippen molar-refractivity contribution < 1.29 is 18.0 Å². The molecular weight excluding hydrogens is 451 g/mol. The average Bonchev–Trinajstić information content (AvgIpc) is 3.26. The number of anilines is 1. The third-order valence-corrected chi connectivity index (χ3v) is 7.12. The van der Waals surface area contributed by atoms with E-state index in [0.717, 1.165) is 46.1 Å². The number of carbonyl (C=O) groups excluding carboxylic acids is 1. The first-order valence-electron chi connectivity index (χ1n) is 10.7. The number of fused-ring (bicyclic) bond motifs is 1. The summed E-state index contributed by atoms with van der Waals surface area (Å²) in [5.74, 6) is 0.200. The van der Waals surface area contributed by atoms with Crippen LogP contribution in [0.25, 0.3) is 10.4 Å². The van der Waals surface area contributed by atoms with Gasteiger partial charge in [0.15, 0.2) is 0 Å². The van der Waals surface area contributed by atoms with Crippen LogP contribution in [0, 0.1) is 19.8 Å². The highest BCUT2D eigenvalue weighted by atomic mass is 32.1. The molecule has 0 unspecified atom stereocenters. The lowest BCUT2D eigenvalue weighted by Crippen LogP contribution is -2.42. The summed E-state index contributed by atoms with van der Waals surface area (Å²) in [6, 6.07) is 8.81. The third-order valence-electron chi connectivity index (χ3n) is 6.10. The Morgan fingerprint density at radius 2 is 2.03 bits per heavy atom. The zero-order valence-electron chi connectivity index (χ0n) is 18.1. The minimum atomic E-state index is -4.54. The molecule has 2 aliphatic rings. The zero-order chi connectivity index (χ0) is 23.3. The molecule has 1 amide bonds. The van der Waals surface area contributed by atoms with Crippen molar-refractivity contribution in [2.45, 2.75) is 44.9 Å². The Labute approximate surface area is 192 Å².